The van der Waals surface area contributed by atoms with Gasteiger partial charge in [-0.15, -0.1) is 11.3 Å². The van der Waals surface area contributed by atoms with Crippen LogP contribution in [0, 0.1) is 5.92 Å². The number of carbonyl (C=O) groups excluding carboxylic acids is 1. The quantitative estimate of drug-likeness (QED) is 0.420. The van der Waals surface area contributed by atoms with Crippen LogP contribution in [0.2, 0.25) is 0 Å². The lowest BCUT2D eigenvalue weighted by Gasteiger charge is -2.44. The molecule has 9 nitrogen and oxygen atoms in total. The molecule has 1 fully saturated rings. The van der Waals surface area contributed by atoms with Gasteiger partial charge in [-0.25, -0.2) is 4.79 Å². The summed E-state index contributed by atoms with van der Waals surface area (Å²) in [6.07, 6.45) is -5.21. The maximum absolute atomic E-state index is 12.7. The van der Waals surface area contributed by atoms with Crippen LogP contribution < -0.4 is 10.1 Å². The van der Waals surface area contributed by atoms with Crippen molar-refractivity contribution in [2.75, 3.05) is 6.54 Å². The number of fused-ring (bicyclic) bond motifs is 3. The molecule has 0 saturated carbocycles. The largest absolute Gasteiger partial charge is 0.488 e. The second-order valence-electron chi connectivity index (χ2n) is 8.77. The van der Waals surface area contributed by atoms with Crippen molar-refractivity contribution in [2.45, 2.75) is 56.9 Å². The molecule has 2 aliphatic heterocycles. The molecule has 33 heavy (non-hydrogen) atoms. The smallest absolute Gasteiger partial charge is 0.335 e. The van der Waals surface area contributed by atoms with Crippen molar-refractivity contribution in [2.24, 2.45) is 5.92 Å². The predicted molar refractivity (Wildman–Crippen MR) is 119 cm³/mol. The summed E-state index contributed by atoms with van der Waals surface area (Å²) in [5, 5.41) is 43.4. The van der Waals surface area contributed by atoms with Crippen LogP contribution >= 0.6 is 11.3 Å². The summed E-state index contributed by atoms with van der Waals surface area (Å²) in [7, 11) is 0. The van der Waals surface area contributed by atoms with E-state index in [1.165, 1.54) is 18.3 Å². The number of aliphatic hydroxyl groups excluding tert-OH is 3. The molecular weight excluding hydrogens is 450 g/mol. The zero-order valence-corrected chi connectivity index (χ0v) is 19.0. The number of benzene rings is 1. The van der Waals surface area contributed by atoms with Gasteiger partial charge in [-0.3, -0.25) is 4.79 Å². The Morgan fingerprint density at radius 1 is 1.30 bits per heavy atom. The molecule has 1 saturated heterocycles. The number of nitrogens with one attached hydrogen (secondary N) is 1. The minimum absolute atomic E-state index is 0.130. The van der Waals surface area contributed by atoms with Crippen molar-refractivity contribution >= 4 is 23.2 Å². The van der Waals surface area contributed by atoms with E-state index in [2.05, 4.69) is 5.32 Å². The summed E-state index contributed by atoms with van der Waals surface area (Å²) < 4.78 is 11.3. The summed E-state index contributed by atoms with van der Waals surface area (Å²) in [6, 6.07) is 9.32. The van der Waals surface area contributed by atoms with E-state index < -0.39 is 47.8 Å². The minimum atomic E-state index is -1.69. The van der Waals surface area contributed by atoms with Gasteiger partial charge >= 0.3 is 5.97 Å². The number of thiophene rings is 1. The van der Waals surface area contributed by atoms with Crippen molar-refractivity contribution in [3.63, 3.8) is 0 Å². The van der Waals surface area contributed by atoms with Crippen LogP contribution in [0.4, 0.5) is 0 Å². The molecule has 6 atom stereocenters. The van der Waals surface area contributed by atoms with Crippen molar-refractivity contribution in [1.29, 1.82) is 0 Å². The SMILES string of the molecule is C[C@@H]1C(O)C[C@](C)(C(=O)O)OC1C(O)C(O)CNC(=O)c1cc2c(s1)-c1ccccc1OC2. The summed E-state index contributed by atoms with van der Waals surface area (Å²) >= 11 is 1.32. The molecule has 10 heteroatoms. The molecule has 5 N–H and O–H groups in total. The van der Waals surface area contributed by atoms with Gasteiger partial charge in [-0.1, -0.05) is 19.1 Å². The number of carbonyl (C=O) groups is 2. The Morgan fingerprint density at radius 2 is 2.03 bits per heavy atom. The summed E-state index contributed by atoms with van der Waals surface area (Å²) in [6.45, 7) is 3.02. The highest BCUT2D eigenvalue weighted by Crippen LogP contribution is 2.42. The predicted octanol–water partition coefficient (Wildman–Crippen LogP) is 1.39. The summed E-state index contributed by atoms with van der Waals surface area (Å²) in [4.78, 5) is 25.7. The van der Waals surface area contributed by atoms with E-state index in [4.69, 9.17) is 9.47 Å². The number of hydrogen-bond donors (Lipinski definition) is 5. The van der Waals surface area contributed by atoms with Crippen LogP contribution in [0.5, 0.6) is 5.75 Å². The molecule has 4 unspecified atom stereocenters. The number of aliphatic carboxylic acids is 1. The third-order valence-electron chi connectivity index (χ3n) is 6.32. The summed E-state index contributed by atoms with van der Waals surface area (Å²) in [5.74, 6) is -1.52. The van der Waals surface area contributed by atoms with Crippen LogP contribution in [-0.4, -0.2) is 68.9 Å². The molecule has 0 aliphatic carbocycles. The molecule has 4 rings (SSSR count). The van der Waals surface area contributed by atoms with Gasteiger partial charge in [0.25, 0.3) is 5.91 Å². The number of hydrogen-bond acceptors (Lipinski definition) is 8. The second-order valence-corrected chi connectivity index (χ2v) is 9.82. The van der Waals surface area contributed by atoms with E-state index in [1.807, 2.05) is 24.3 Å². The van der Waals surface area contributed by atoms with Crippen LogP contribution in [0.25, 0.3) is 10.4 Å². The molecule has 0 bridgehead atoms. The van der Waals surface area contributed by atoms with E-state index in [0.29, 0.717) is 11.5 Å². The lowest BCUT2D eigenvalue weighted by Crippen LogP contribution is -2.59. The number of para-hydroxylation sites is 1. The van der Waals surface area contributed by atoms with Gasteiger partial charge in [0.1, 0.15) is 18.5 Å². The first kappa shape index (κ1) is 23.7. The number of aliphatic hydroxyl groups is 3. The number of rotatable bonds is 6. The molecule has 2 aromatic rings. The zero-order valence-electron chi connectivity index (χ0n) is 18.2. The van der Waals surface area contributed by atoms with Crippen LogP contribution in [0.1, 0.15) is 35.5 Å². The molecule has 1 aromatic carbocycles. The molecule has 0 spiro atoms. The van der Waals surface area contributed by atoms with E-state index in [1.54, 1.807) is 13.0 Å². The lowest BCUT2D eigenvalue weighted by atomic mass is 9.81. The Labute approximate surface area is 194 Å². The van der Waals surface area contributed by atoms with Gasteiger partial charge < -0.3 is 35.2 Å². The van der Waals surface area contributed by atoms with E-state index in [9.17, 15) is 30.0 Å². The van der Waals surface area contributed by atoms with Gasteiger partial charge in [0.05, 0.1) is 23.2 Å². The molecule has 1 amide bonds. The van der Waals surface area contributed by atoms with Crippen molar-refractivity contribution < 1.29 is 39.5 Å². The Bertz CT molecular complexity index is 1050. The molecule has 1 aromatic heterocycles. The first-order valence-corrected chi connectivity index (χ1v) is 11.5. The van der Waals surface area contributed by atoms with Crippen LogP contribution in [-0.2, 0) is 16.1 Å². The van der Waals surface area contributed by atoms with Crippen LogP contribution in [0.3, 0.4) is 0 Å². The second kappa shape index (κ2) is 9.03. The molecular formula is C23H27NO8S. The van der Waals surface area contributed by atoms with E-state index >= 15 is 0 Å². The van der Waals surface area contributed by atoms with Crippen molar-refractivity contribution in [3.8, 4) is 16.2 Å². The van der Waals surface area contributed by atoms with Gasteiger partial charge in [0, 0.05) is 34.9 Å². The highest BCUT2D eigenvalue weighted by molar-refractivity contribution is 7.17. The molecule has 3 heterocycles. The maximum Gasteiger partial charge on any atom is 0.335 e. The molecule has 178 valence electrons. The van der Waals surface area contributed by atoms with Gasteiger partial charge in [0.2, 0.25) is 0 Å². The Hall–Kier alpha value is -2.50. The maximum atomic E-state index is 12.7. The zero-order chi connectivity index (χ0) is 23.9. The number of carboxylic acids is 1. The third-order valence-corrected chi connectivity index (χ3v) is 7.53. The van der Waals surface area contributed by atoms with Gasteiger partial charge in [-0.05, 0) is 25.1 Å². The lowest BCUT2D eigenvalue weighted by molar-refractivity contribution is -0.230. The average molecular weight is 478 g/mol. The van der Waals surface area contributed by atoms with Crippen molar-refractivity contribution in [1.82, 2.24) is 5.32 Å². The van der Waals surface area contributed by atoms with E-state index in [0.717, 1.165) is 21.8 Å². The Kier molecular flexibility index (Phi) is 6.47. The van der Waals surface area contributed by atoms with E-state index in [-0.39, 0.29) is 13.0 Å². The monoisotopic (exact) mass is 477 g/mol. The highest BCUT2D eigenvalue weighted by atomic mass is 32.1. The summed E-state index contributed by atoms with van der Waals surface area (Å²) in [5.41, 5.74) is 0.132. The third kappa shape index (κ3) is 4.49. The normalized spacial score (nSPS) is 28.1. The number of ether oxygens (including phenoxy) is 2. The number of carboxylic acid groups (broad SMARTS) is 1. The number of amides is 1. The molecule has 2 aliphatic rings. The average Bonchev–Trinajstić information content (AvgIpc) is 3.24. The fourth-order valence-corrected chi connectivity index (χ4v) is 5.33. The van der Waals surface area contributed by atoms with Crippen molar-refractivity contribution in [3.05, 3.63) is 40.8 Å². The highest BCUT2D eigenvalue weighted by Gasteiger charge is 2.50. The first-order valence-electron chi connectivity index (χ1n) is 10.7. The van der Waals surface area contributed by atoms with Gasteiger partial charge in [0.15, 0.2) is 5.60 Å². The van der Waals surface area contributed by atoms with Crippen LogP contribution in [0.15, 0.2) is 30.3 Å². The van der Waals surface area contributed by atoms with Gasteiger partial charge in [-0.2, -0.15) is 0 Å². The first-order chi connectivity index (χ1) is 15.6. The fourth-order valence-electron chi connectivity index (χ4n) is 4.21. The fraction of sp³-hybridized carbons (Fsp3) is 0.478. The minimum Gasteiger partial charge on any atom is -0.488 e. The Morgan fingerprint density at radius 3 is 2.76 bits per heavy atom. The standard InChI is InChI=1S/C23H27NO8S/c1-11-14(25)8-23(2,22(29)30)32-19(11)18(27)15(26)9-24-21(28)17-7-12-10-31-16-6-4-3-5-13(16)20(12)33-17/h3-7,11,14-15,18-19,25-27H,8-10H2,1-2H3,(H,24,28)(H,29,30)/t11-,14?,15?,18?,19?,23-/m1/s1. The Balaban J connectivity index is 1.41. The topological polar surface area (TPSA) is 146 Å². The molecule has 0 radical (unpaired) electrons.